The molecule has 0 saturated carbocycles. The first-order valence-electron chi connectivity index (χ1n) is 5.42. The predicted molar refractivity (Wildman–Crippen MR) is 57.3 cm³/mol. The normalized spacial score (nSPS) is 12.5. The van der Waals surface area contributed by atoms with Crippen molar-refractivity contribution in [2.24, 2.45) is 0 Å². The number of carbonyl (C=O) groups is 1. The lowest BCUT2D eigenvalue weighted by atomic mass is 9.97. The van der Waals surface area contributed by atoms with Crippen molar-refractivity contribution < 1.29 is 36.2 Å². The van der Waals surface area contributed by atoms with E-state index in [0.29, 0.717) is 0 Å². The van der Waals surface area contributed by atoms with Crippen LogP contribution in [-0.2, 0) is 24.1 Å². The second kappa shape index (κ2) is 5.72. The van der Waals surface area contributed by atoms with Crippen LogP contribution in [0.2, 0.25) is 0 Å². The van der Waals surface area contributed by atoms with E-state index in [1.54, 1.807) is 0 Å². The molecule has 2 nitrogen and oxygen atoms in total. The maximum Gasteiger partial charge on any atom is 0.393 e. The van der Waals surface area contributed by atoms with Crippen LogP contribution in [0.25, 0.3) is 0 Å². The molecule has 1 aromatic rings. The van der Waals surface area contributed by atoms with Gasteiger partial charge in [0, 0.05) is 0 Å². The molecule has 1 N–H and O–H groups in total. The van der Waals surface area contributed by atoms with Crippen molar-refractivity contribution in [1.82, 2.24) is 0 Å². The summed E-state index contributed by atoms with van der Waals surface area (Å²) in [5, 5.41) is 8.58. The zero-order valence-electron chi connectivity index (χ0n) is 9.98. The molecule has 1 aromatic carbocycles. The van der Waals surface area contributed by atoms with Crippen LogP contribution in [0, 0.1) is 0 Å². The summed E-state index contributed by atoms with van der Waals surface area (Å²) in [5.74, 6) is -1.35. The molecule has 112 valence electrons. The third-order valence-corrected chi connectivity index (χ3v) is 2.41. The summed E-state index contributed by atoms with van der Waals surface area (Å²) in [6, 6.07) is 2.75. The highest BCUT2D eigenvalue weighted by atomic mass is 19.4. The molecule has 0 bridgehead atoms. The number of hydrogen-bond acceptors (Lipinski definition) is 1. The molecule has 0 aromatic heterocycles. The first-order valence-corrected chi connectivity index (χ1v) is 5.42. The standard InChI is InChI=1S/C12H10F6O2/c13-11(14,15)5-7-1-2-8(4-10(19)20)9(3-7)6-12(16,17)18/h1-3H,4-6H2,(H,19,20). The predicted octanol–water partition coefficient (Wildman–Crippen LogP) is 3.52. The Labute approximate surface area is 110 Å². The Morgan fingerprint density at radius 2 is 1.50 bits per heavy atom. The molecule has 0 spiro atoms. The molecule has 0 saturated heterocycles. The van der Waals surface area contributed by atoms with Crippen LogP contribution in [0.15, 0.2) is 18.2 Å². The summed E-state index contributed by atoms with van der Waals surface area (Å²) in [7, 11) is 0. The topological polar surface area (TPSA) is 37.3 Å². The Hall–Kier alpha value is -1.73. The molecule has 0 unspecified atom stereocenters. The number of carboxylic acids is 1. The van der Waals surface area contributed by atoms with Gasteiger partial charge < -0.3 is 5.11 Å². The van der Waals surface area contributed by atoms with E-state index >= 15 is 0 Å². The summed E-state index contributed by atoms with van der Waals surface area (Å²) in [5.41, 5.74) is -0.909. The second-order valence-corrected chi connectivity index (χ2v) is 4.26. The number of rotatable bonds is 4. The Balaban J connectivity index is 3.11. The van der Waals surface area contributed by atoms with Crippen LogP contribution in [0.4, 0.5) is 26.3 Å². The molecule has 0 aliphatic rings. The van der Waals surface area contributed by atoms with Crippen molar-refractivity contribution >= 4 is 5.97 Å². The maximum atomic E-state index is 12.4. The molecule has 0 heterocycles. The zero-order valence-corrected chi connectivity index (χ0v) is 9.98. The molecule has 20 heavy (non-hydrogen) atoms. The van der Waals surface area contributed by atoms with Crippen molar-refractivity contribution in [1.29, 1.82) is 0 Å². The fourth-order valence-corrected chi connectivity index (χ4v) is 1.74. The van der Waals surface area contributed by atoms with Gasteiger partial charge in [0.05, 0.1) is 19.3 Å². The Bertz CT molecular complexity index is 490. The molecule has 0 radical (unpaired) electrons. The lowest BCUT2D eigenvalue weighted by Gasteiger charge is -2.13. The Kier molecular flexibility index (Phi) is 4.67. The average Bonchev–Trinajstić information content (AvgIpc) is 2.16. The summed E-state index contributed by atoms with van der Waals surface area (Å²) >= 11 is 0. The molecule has 0 atom stereocenters. The number of benzene rings is 1. The molecule has 0 aliphatic carbocycles. The number of carboxylic acid groups (broad SMARTS) is 1. The van der Waals surface area contributed by atoms with Gasteiger partial charge in [-0.05, 0) is 16.7 Å². The van der Waals surface area contributed by atoms with E-state index in [-0.39, 0.29) is 11.1 Å². The SMILES string of the molecule is O=C(O)Cc1ccc(CC(F)(F)F)cc1CC(F)(F)F. The van der Waals surface area contributed by atoms with Gasteiger partial charge in [-0.2, -0.15) is 26.3 Å². The molecular weight excluding hydrogens is 290 g/mol. The highest BCUT2D eigenvalue weighted by Gasteiger charge is 2.31. The fourth-order valence-electron chi connectivity index (χ4n) is 1.74. The molecule has 0 fully saturated rings. The van der Waals surface area contributed by atoms with Gasteiger partial charge >= 0.3 is 18.3 Å². The highest BCUT2D eigenvalue weighted by molar-refractivity contribution is 5.70. The van der Waals surface area contributed by atoms with E-state index in [0.717, 1.165) is 18.2 Å². The first kappa shape index (κ1) is 16.3. The quantitative estimate of drug-likeness (QED) is 0.864. The summed E-state index contributed by atoms with van der Waals surface area (Å²) in [6.07, 6.45) is -12.6. The summed E-state index contributed by atoms with van der Waals surface area (Å²) < 4.78 is 73.7. The Morgan fingerprint density at radius 3 is 1.95 bits per heavy atom. The monoisotopic (exact) mass is 300 g/mol. The van der Waals surface area contributed by atoms with Crippen molar-refractivity contribution in [3.8, 4) is 0 Å². The third kappa shape index (κ3) is 5.94. The maximum absolute atomic E-state index is 12.4. The van der Waals surface area contributed by atoms with Crippen LogP contribution in [-0.4, -0.2) is 23.4 Å². The van der Waals surface area contributed by atoms with Crippen LogP contribution in [0.3, 0.4) is 0 Å². The minimum Gasteiger partial charge on any atom is -0.481 e. The van der Waals surface area contributed by atoms with Gasteiger partial charge in [0.1, 0.15) is 0 Å². The van der Waals surface area contributed by atoms with E-state index in [2.05, 4.69) is 0 Å². The molecule has 0 aliphatic heterocycles. The van der Waals surface area contributed by atoms with Gasteiger partial charge in [0.25, 0.3) is 0 Å². The van der Waals surface area contributed by atoms with Crippen LogP contribution < -0.4 is 0 Å². The summed E-state index contributed by atoms with van der Waals surface area (Å²) in [4.78, 5) is 10.5. The van der Waals surface area contributed by atoms with Crippen LogP contribution in [0.1, 0.15) is 16.7 Å². The smallest absolute Gasteiger partial charge is 0.393 e. The highest BCUT2D eigenvalue weighted by Crippen LogP contribution is 2.27. The lowest BCUT2D eigenvalue weighted by molar-refractivity contribution is -0.137. The zero-order chi connectivity index (χ0) is 15.6. The third-order valence-electron chi connectivity index (χ3n) is 2.41. The summed E-state index contributed by atoms with van der Waals surface area (Å²) in [6.45, 7) is 0. The first-order chi connectivity index (χ1) is 8.96. The molecule has 1 rings (SSSR count). The van der Waals surface area contributed by atoms with Gasteiger partial charge in [-0.25, -0.2) is 0 Å². The van der Waals surface area contributed by atoms with Gasteiger partial charge in [0.15, 0.2) is 0 Å². The minimum atomic E-state index is -4.62. The van der Waals surface area contributed by atoms with Crippen molar-refractivity contribution in [3.05, 3.63) is 34.9 Å². The van der Waals surface area contributed by atoms with Gasteiger partial charge in [0.2, 0.25) is 0 Å². The van der Waals surface area contributed by atoms with Crippen molar-refractivity contribution in [3.63, 3.8) is 0 Å². The van der Waals surface area contributed by atoms with Gasteiger partial charge in [-0.15, -0.1) is 0 Å². The molecule has 0 amide bonds. The number of alkyl halides is 6. The second-order valence-electron chi connectivity index (χ2n) is 4.26. The van der Waals surface area contributed by atoms with E-state index in [1.165, 1.54) is 0 Å². The van der Waals surface area contributed by atoms with Crippen LogP contribution in [0.5, 0.6) is 0 Å². The van der Waals surface area contributed by atoms with E-state index in [9.17, 15) is 31.1 Å². The van der Waals surface area contributed by atoms with Crippen molar-refractivity contribution in [2.75, 3.05) is 0 Å². The fraction of sp³-hybridized carbons (Fsp3) is 0.417. The average molecular weight is 300 g/mol. The van der Waals surface area contributed by atoms with Gasteiger partial charge in [-0.1, -0.05) is 18.2 Å². The number of halogens is 6. The van der Waals surface area contributed by atoms with Crippen LogP contribution >= 0.6 is 0 Å². The Morgan fingerprint density at radius 1 is 0.950 bits per heavy atom. The van der Waals surface area contributed by atoms with Gasteiger partial charge in [-0.3, -0.25) is 4.79 Å². The van der Waals surface area contributed by atoms with E-state index in [1.807, 2.05) is 0 Å². The van der Waals surface area contributed by atoms with E-state index < -0.39 is 43.1 Å². The largest absolute Gasteiger partial charge is 0.481 e. The van der Waals surface area contributed by atoms with Crippen molar-refractivity contribution in [2.45, 2.75) is 31.6 Å². The number of hydrogen-bond donors (Lipinski definition) is 1. The molecular formula is C12H10F6O2. The number of aliphatic carboxylic acids is 1. The minimum absolute atomic E-state index is 0.138. The molecule has 8 heteroatoms. The van der Waals surface area contributed by atoms with E-state index in [4.69, 9.17) is 5.11 Å². The lowest BCUT2D eigenvalue weighted by Crippen LogP contribution is -2.16.